The van der Waals surface area contributed by atoms with Gasteiger partial charge in [0.15, 0.2) is 0 Å². The van der Waals surface area contributed by atoms with Crippen molar-refractivity contribution in [3.8, 4) is 0 Å². The molecule has 0 saturated heterocycles. The molecule has 0 radical (unpaired) electrons. The second-order valence-electron chi connectivity index (χ2n) is 7.34. The number of ketones is 1. The zero-order chi connectivity index (χ0) is 19.8. The Labute approximate surface area is 165 Å². The molecule has 0 N–H and O–H groups in total. The number of nitrogens with zero attached hydrogens (tertiary/aromatic N) is 4. The Bertz CT molecular complexity index is 1090. The summed E-state index contributed by atoms with van der Waals surface area (Å²) >= 11 is 0. The molecule has 2 aromatic carbocycles. The van der Waals surface area contributed by atoms with E-state index in [1.165, 1.54) is 0 Å². The number of carbonyl (C=O) groups is 1. The van der Waals surface area contributed by atoms with Crippen LogP contribution in [0, 0.1) is 13.8 Å². The summed E-state index contributed by atoms with van der Waals surface area (Å²) in [6.07, 6.45) is 0.850. The molecule has 0 bridgehead atoms. The first-order valence-corrected chi connectivity index (χ1v) is 9.93. The molecule has 4 rings (SSSR count). The van der Waals surface area contributed by atoms with E-state index < -0.39 is 0 Å². The molecule has 4 aromatic rings. The van der Waals surface area contributed by atoms with Crippen molar-refractivity contribution in [2.75, 3.05) is 0 Å². The smallest absolute Gasteiger partial charge is 0.141 e. The minimum Gasteiger partial charge on any atom is -0.329 e. The maximum Gasteiger partial charge on any atom is 0.141 e. The first-order chi connectivity index (χ1) is 13.5. The van der Waals surface area contributed by atoms with Crippen molar-refractivity contribution in [1.82, 2.24) is 19.1 Å². The van der Waals surface area contributed by atoms with Gasteiger partial charge in [0.25, 0.3) is 0 Å². The quantitative estimate of drug-likeness (QED) is 0.503. The van der Waals surface area contributed by atoms with Gasteiger partial charge in [-0.15, -0.1) is 0 Å². The van der Waals surface area contributed by atoms with Gasteiger partial charge in [-0.2, -0.15) is 0 Å². The lowest BCUT2D eigenvalue weighted by atomic mass is 10.0. The molecule has 144 valence electrons. The molecule has 0 aliphatic heterocycles. The highest BCUT2D eigenvalue weighted by atomic mass is 16.1. The number of hydrogen-bond donors (Lipinski definition) is 0. The Hall–Kier alpha value is -2.95. The van der Waals surface area contributed by atoms with E-state index in [4.69, 9.17) is 0 Å². The van der Waals surface area contributed by atoms with Crippen LogP contribution in [0.25, 0.3) is 22.1 Å². The van der Waals surface area contributed by atoms with Crippen molar-refractivity contribution < 1.29 is 4.79 Å². The fraction of sp³-hybridized carbons (Fsp3) is 0.348. The maximum absolute atomic E-state index is 12.7. The Morgan fingerprint density at radius 2 is 1.21 bits per heavy atom. The molecule has 0 spiro atoms. The van der Waals surface area contributed by atoms with E-state index in [0.717, 1.165) is 57.9 Å². The van der Waals surface area contributed by atoms with Gasteiger partial charge in [0.05, 0.1) is 22.1 Å². The van der Waals surface area contributed by atoms with Gasteiger partial charge >= 0.3 is 0 Å². The fourth-order valence-electron chi connectivity index (χ4n) is 4.13. The highest BCUT2D eigenvalue weighted by Gasteiger charge is 2.12. The van der Waals surface area contributed by atoms with E-state index >= 15 is 0 Å². The Morgan fingerprint density at radius 3 is 1.61 bits per heavy atom. The normalized spacial score (nSPS) is 11.6. The molecule has 28 heavy (non-hydrogen) atoms. The average Bonchev–Trinajstić information content (AvgIpc) is 3.14. The number of fused-ring (bicyclic) bond motifs is 2. The van der Waals surface area contributed by atoms with Crippen molar-refractivity contribution in [2.45, 2.75) is 53.6 Å². The van der Waals surface area contributed by atoms with Crippen LogP contribution in [0.2, 0.25) is 0 Å². The molecule has 0 fully saturated rings. The minimum absolute atomic E-state index is 0.206. The summed E-state index contributed by atoms with van der Waals surface area (Å²) in [5.41, 5.74) is 6.22. The third kappa shape index (κ3) is 3.21. The van der Waals surface area contributed by atoms with Gasteiger partial charge < -0.3 is 9.13 Å². The van der Waals surface area contributed by atoms with E-state index in [0.29, 0.717) is 12.8 Å². The molecule has 0 aliphatic rings. The third-order valence-corrected chi connectivity index (χ3v) is 5.44. The summed E-state index contributed by atoms with van der Waals surface area (Å²) in [6.45, 7) is 10.1. The van der Waals surface area contributed by atoms with Crippen LogP contribution in [0.1, 0.15) is 36.6 Å². The monoisotopic (exact) mass is 374 g/mol. The van der Waals surface area contributed by atoms with Gasteiger partial charge in [-0.25, -0.2) is 9.97 Å². The van der Waals surface area contributed by atoms with Crippen LogP contribution in [-0.4, -0.2) is 24.9 Å². The molecule has 2 heterocycles. The predicted molar refractivity (Wildman–Crippen MR) is 113 cm³/mol. The Morgan fingerprint density at radius 1 is 0.786 bits per heavy atom. The summed E-state index contributed by atoms with van der Waals surface area (Å²) in [6, 6.07) is 12.3. The van der Waals surface area contributed by atoms with Crippen molar-refractivity contribution in [1.29, 1.82) is 0 Å². The number of Topliss-reactive ketones (excluding diaryl/α,β-unsaturated/α-hetero) is 1. The number of rotatable bonds is 6. The lowest BCUT2D eigenvalue weighted by molar-refractivity contribution is -0.117. The van der Waals surface area contributed by atoms with Crippen LogP contribution in [0.4, 0.5) is 0 Å². The average molecular weight is 374 g/mol. The van der Waals surface area contributed by atoms with Gasteiger partial charge in [0.2, 0.25) is 0 Å². The van der Waals surface area contributed by atoms with Gasteiger partial charge in [-0.05, 0) is 63.1 Å². The summed E-state index contributed by atoms with van der Waals surface area (Å²) in [4.78, 5) is 21.9. The van der Waals surface area contributed by atoms with E-state index in [-0.39, 0.29) is 5.78 Å². The van der Waals surface area contributed by atoms with Gasteiger partial charge in [0.1, 0.15) is 17.4 Å². The molecule has 0 atom stereocenters. The molecular weight excluding hydrogens is 348 g/mol. The number of benzene rings is 2. The van der Waals surface area contributed by atoms with Gasteiger partial charge in [0, 0.05) is 25.9 Å². The predicted octanol–water partition coefficient (Wildman–Crippen LogP) is 4.40. The van der Waals surface area contributed by atoms with Crippen molar-refractivity contribution in [3.05, 3.63) is 59.2 Å². The number of aromatic nitrogens is 4. The Kier molecular flexibility index (Phi) is 4.75. The lowest BCUT2D eigenvalue weighted by Crippen LogP contribution is -2.06. The third-order valence-electron chi connectivity index (χ3n) is 5.44. The summed E-state index contributed by atoms with van der Waals surface area (Å²) in [7, 11) is 0. The van der Waals surface area contributed by atoms with Gasteiger partial charge in [-0.1, -0.05) is 12.1 Å². The summed E-state index contributed by atoms with van der Waals surface area (Å²) in [5.74, 6) is 2.23. The van der Waals surface area contributed by atoms with Crippen LogP contribution < -0.4 is 0 Å². The topological polar surface area (TPSA) is 52.7 Å². The molecule has 0 aliphatic carbocycles. The second-order valence-corrected chi connectivity index (χ2v) is 7.34. The molecule has 0 unspecified atom stereocenters. The highest BCUT2D eigenvalue weighted by molar-refractivity contribution is 5.86. The SMILES string of the molecule is CCn1c(C)nc2cc(CC(=O)Cc3ccc4c(c3)nc(C)n4CC)ccc21. The van der Waals surface area contributed by atoms with Crippen molar-refractivity contribution >= 4 is 27.9 Å². The largest absolute Gasteiger partial charge is 0.329 e. The molecule has 0 saturated carbocycles. The van der Waals surface area contributed by atoms with E-state index in [1.807, 2.05) is 38.1 Å². The van der Waals surface area contributed by atoms with Crippen molar-refractivity contribution in [2.24, 2.45) is 0 Å². The maximum atomic E-state index is 12.7. The zero-order valence-corrected chi connectivity index (χ0v) is 17.0. The number of aryl methyl sites for hydroxylation is 4. The van der Waals surface area contributed by atoms with Crippen LogP contribution in [0.3, 0.4) is 0 Å². The van der Waals surface area contributed by atoms with E-state index in [1.54, 1.807) is 0 Å². The highest BCUT2D eigenvalue weighted by Crippen LogP contribution is 2.20. The molecular formula is C23H26N4O. The summed E-state index contributed by atoms with van der Waals surface area (Å²) in [5, 5.41) is 0. The molecule has 2 aromatic heterocycles. The molecule has 5 nitrogen and oxygen atoms in total. The van der Waals surface area contributed by atoms with Crippen LogP contribution in [-0.2, 0) is 30.7 Å². The zero-order valence-electron chi connectivity index (χ0n) is 17.0. The minimum atomic E-state index is 0.206. The van der Waals surface area contributed by atoms with Gasteiger partial charge in [-0.3, -0.25) is 4.79 Å². The summed E-state index contributed by atoms with van der Waals surface area (Å²) < 4.78 is 4.38. The van der Waals surface area contributed by atoms with Crippen LogP contribution in [0.5, 0.6) is 0 Å². The second kappa shape index (κ2) is 7.23. The molecule has 0 amide bonds. The first kappa shape index (κ1) is 18.4. The Balaban J connectivity index is 1.52. The number of hydrogen-bond acceptors (Lipinski definition) is 3. The van der Waals surface area contributed by atoms with Crippen LogP contribution in [0.15, 0.2) is 36.4 Å². The molecule has 5 heteroatoms. The van der Waals surface area contributed by atoms with Crippen LogP contribution >= 0.6 is 0 Å². The van der Waals surface area contributed by atoms with E-state index in [9.17, 15) is 4.79 Å². The number of carbonyl (C=O) groups excluding carboxylic acids is 1. The fourth-order valence-corrected chi connectivity index (χ4v) is 4.13. The lowest BCUT2D eigenvalue weighted by Gasteiger charge is -2.05. The number of imidazole rings is 2. The standard InChI is InChI=1S/C23H26N4O/c1-5-26-15(3)24-20-13-17(7-9-22(20)26)11-19(28)12-18-8-10-23-21(14-18)25-16(4)27(23)6-2/h7-10,13-14H,5-6,11-12H2,1-4H3. The first-order valence-electron chi connectivity index (χ1n) is 9.93. The van der Waals surface area contributed by atoms with E-state index in [2.05, 4.69) is 45.1 Å². The van der Waals surface area contributed by atoms with Crippen molar-refractivity contribution in [3.63, 3.8) is 0 Å².